The second-order valence-electron chi connectivity index (χ2n) is 9.99. The number of carbonyl (C=O) groups is 1. The van der Waals surface area contributed by atoms with Crippen LogP contribution in [-0.2, 0) is 4.79 Å². The van der Waals surface area contributed by atoms with Crippen molar-refractivity contribution in [3.63, 3.8) is 0 Å². The Morgan fingerprint density at radius 1 is 1.00 bits per heavy atom. The van der Waals surface area contributed by atoms with Gasteiger partial charge in [0.05, 0.1) is 11.3 Å². The highest BCUT2D eigenvalue weighted by Gasteiger charge is 2.25. The van der Waals surface area contributed by atoms with E-state index in [-0.39, 0.29) is 29.5 Å². The number of nitrogens with one attached hydrogen (secondary N) is 3. The van der Waals surface area contributed by atoms with Gasteiger partial charge in [-0.2, -0.15) is 0 Å². The van der Waals surface area contributed by atoms with Gasteiger partial charge in [0.2, 0.25) is 5.91 Å². The van der Waals surface area contributed by atoms with Gasteiger partial charge in [0.25, 0.3) is 0 Å². The number of rotatable bonds is 10. The van der Waals surface area contributed by atoms with Crippen molar-refractivity contribution in [1.29, 1.82) is 5.41 Å². The SMILES string of the molecule is CC(C)CCC(=O)NC1CCC(Nc2ncnc(N)c2C(=N)c2ccc(Oc3ccccc3)cc2)CC1. The summed E-state index contributed by atoms with van der Waals surface area (Å²) in [5.41, 5.74) is 7.65. The first kappa shape index (κ1) is 26.1. The molecule has 3 aromatic rings. The van der Waals surface area contributed by atoms with Gasteiger partial charge in [-0.3, -0.25) is 10.2 Å². The number of para-hydroxylation sites is 1. The molecular weight excluding hydrogens is 464 g/mol. The van der Waals surface area contributed by atoms with Crippen LogP contribution in [0, 0.1) is 11.3 Å². The zero-order chi connectivity index (χ0) is 26.2. The van der Waals surface area contributed by atoms with E-state index in [1.807, 2.05) is 54.6 Å². The number of ether oxygens (including phenoxy) is 1. The summed E-state index contributed by atoms with van der Waals surface area (Å²) >= 11 is 0. The Morgan fingerprint density at radius 3 is 2.32 bits per heavy atom. The summed E-state index contributed by atoms with van der Waals surface area (Å²) in [5, 5.41) is 15.5. The van der Waals surface area contributed by atoms with Crippen LogP contribution in [0.25, 0.3) is 0 Å². The van der Waals surface area contributed by atoms with Crippen LogP contribution < -0.4 is 21.1 Å². The van der Waals surface area contributed by atoms with Crippen LogP contribution in [0.4, 0.5) is 11.6 Å². The molecule has 0 aliphatic heterocycles. The fraction of sp³-hybridized carbons (Fsp3) is 0.379. The summed E-state index contributed by atoms with van der Waals surface area (Å²) in [6.45, 7) is 4.26. The zero-order valence-corrected chi connectivity index (χ0v) is 21.5. The van der Waals surface area contributed by atoms with Crippen LogP contribution in [0.3, 0.4) is 0 Å². The van der Waals surface area contributed by atoms with Crippen molar-refractivity contribution in [2.45, 2.75) is 64.5 Å². The van der Waals surface area contributed by atoms with Crippen molar-refractivity contribution in [1.82, 2.24) is 15.3 Å². The van der Waals surface area contributed by atoms with E-state index >= 15 is 0 Å². The molecule has 0 saturated heterocycles. The van der Waals surface area contributed by atoms with Gasteiger partial charge in [-0.05, 0) is 74.4 Å². The number of aromatic nitrogens is 2. The molecule has 1 heterocycles. The predicted molar refractivity (Wildman–Crippen MR) is 147 cm³/mol. The fourth-order valence-electron chi connectivity index (χ4n) is 4.51. The Balaban J connectivity index is 1.37. The molecule has 0 radical (unpaired) electrons. The van der Waals surface area contributed by atoms with Gasteiger partial charge in [-0.1, -0.05) is 32.0 Å². The minimum absolute atomic E-state index is 0.143. The molecule has 1 aliphatic carbocycles. The van der Waals surface area contributed by atoms with Gasteiger partial charge in [0.15, 0.2) is 0 Å². The smallest absolute Gasteiger partial charge is 0.220 e. The average molecular weight is 501 g/mol. The van der Waals surface area contributed by atoms with E-state index in [0.717, 1.165) is 37.9 Å². The van der Waals surface area contributed by atoms with Crippen LogP contribution in [0.1, 0.15) is 63.5 Å². The number of nitrogens with two attached hydrogens (primary N) is 1. The van der Waals surface area contributed by atoms with E-state index in [2.05, 4.69) is 34.4 Å². The molecular formula is C29H36N6O2. The summed E-state index contributed by atoms with van der Waals surface area (Å²) in [4.78, 5) is 20.8. The highest BCUT2D eigenvalue weighted by Crippen LogP contribution is 2.28. The number of amides is 1. The molecule has 0 spiro atoms. The van der Waals surface area contributed by atoms with E-state index in [4.69, 9.17) is 15.9 Å². The predicted octanol–water partition coefficient (Wildman–Crippen LogP) is 5.54. The molecule has 5 N–H and O–H groups in total. The lowest BCUT2D eigenvalue weighted by molar-refractivity contribution is -0.122. The van der Waals surface area contributed by atoms with Crippen molar-refractivity contribution in [2.24, 2.45) is 5.92 Å². The van der Waals surface area contributed by atoms with E-state index in [9.17, 15) is 4.79 Å². The third-order valence-electron chi connectivity index (χ3n) is 6.63. The lowest BCUT2D eigenvalue weighted by atomic mass is 9.90. The van der Waals surface area contributed by atoms with Gasteiger partial charge >= 0.3 is 0 Å². The second-order valence-corrected chi connectivity index (χ2v) is 9.99. The Morgan fingerprint density at radius 2 is 1.65 bits per heavy atom. The maximum Gasteiger partial charge on any atom is 0.220 e. The van der Waals surface area contributed by atoms with Gasteiger partial charge in [0, 0.05) is 24.1 Å². The monoisotopic (exact) mass is 500 g/mol. The highest BCUT2D eigenvalue weighted by atomic mass is 16.5. The molecule has 0 unspecified atom stereocenters. The molecule has 1 amide bonds. The molecule has 0 atom stereocenters. The van der Waals surface area contributed by atoms with Crippen molar-refractivity contribution in [2.75, 3.05) is 11.1 Å². The van der Waals surface area contributed by atoms with Crippen LogP contribution >= 0.6 is 0 Å². The van der Waals surface area contributed by atoms with Gasteiger partial charge in [-0.15, -0.1) is 0 Å². The third-order valence-corrected chi connectivity index (χ3v) is 6.63. The quantitative estimate of drug-likeness (QED) is 0.271. The number of carbonyl (C=O) groups excluding carboxylic acids is 1. The van der Waals surface area contributed by atoms with Crippen LogP contribution in [0.2, 0.25) is 0 Å². The molecule has 8 heteroatoms. The lowest BCUT2D eigenvalue weighted by Crippen LogP contribution is -2.40. The van der Waals surface area contributed by atoms with E-state index in [1.54, 1.807) is 0 Å². The number of hydrogen-bond acceptors (Lipinski definition) is 7. The number of benzene rings is 2. The van der Waals surface area contributed by atoms with Gasteiger partial charge in [0.1, 0.15) is 29.5 Å². The van der Waals surface area contributed by atoms with Crippen molar-refractivity contribution in [3.8, 4) is 11.5 Å². The summed E-state index contributed by atoms with van der Waals surface area (Å²) in [7, 11) is 0. The lowest BCUT2D eigenvalue weighted by Gasteiger charge is -2.30. The standard InChI is InChI=1S/C29H36N6O2/c1-19(2)8-17-25(36)34-21-11-13-22(14-12-21)35-29-26(28(31)32-18-33-29)27(30)20-9-15-24(16-10-20)37-23-6-4-3-5-7-23/h3-7,9-10,15-16,18-19,21-22,30H,8,11-14,17H2,1-2H3,(H,34,36)(H3,31,32,33,35). The summed E-state index contributed by atoms with van der Waals surface area (Å²) < 4.78 is 5.86. The summed E-state index contributed by atoms with van der Waals surface area (Å²) in [6, 6.07) is 17.3. The largest absolute Gasteiger partial charge is 0.457 e. The topological polar surface area (TPSA) is 126 Å². The Kier molecular flexibility index (Phi) is 8.72. The first-order chi connectivity index (χ1) is 17.9. The molecule has 37 heavy (non-hydrogen) atoms. The molecule has 1 fully saturated rings. The van der Waals surface area contributed by atoms with Crippen LogP contribution in [0.5, 0.6) is 11.5 Å². The minimum Gasteiger partial charge on any atom is -0.457 e. The van der Waals surface area contributed by atoms with Crippen molar-refractivity contribution >= 4 is 23.3 Å². The minimum atomic E-state index is 0.143. The zero-order valence-electron chi connectivity index (χ0n) is 21.5. The molecule has 1 aromatic heterocycles. The molecule has 0 bridgehead atoms. The molecule has 2 aromatic carbocycles. The van der Waals surface area contributed by atoms with Crippen molar-refractivity contribution < 1.29 is 9.53 Å². The van der Waals surface area contributed by atoms with Gasteiger partial charge in [-0.25, -0.2) is 9.97 Å². The normalized spacial score (nSPS) is 17.3. The van der Waals surface area contributed by atoms with Crippen LogP contribution in [0.15, 0.2) is 60.9 Å². The maximum absolute atomic E-state index is 12.2. The molecule has 8 nitrogen and oxygen atoms in total. The van der Waals surface area contributed by atoms with Crippen molar-refractivity contribution in [3.05, 3.63) is 72.1 Å². The first-order valence-electron chi connectivity index (χ1n) is 13.0. The number of hydrogen-bond donors (Lipinski definition) is 4. The number of nitrogen functional groups attached to an aromatic ring is 1. The average Bonchev–Trinajstić information content (AvgIpc) is 2.89. The van der Waals surface area contributed by atoms with Gasteiger partial charge < -0.3 is 21.1 Å². The second kappa shape index (κ2) is 12.3. The summed E-state index contributed by atoms with van der Waals surface area (Å²) in [6.07, 6.45) is 6.53. The Hall–Kier alpha value is -3.94. The van der Waals surface area contributed by atoms with Crippen LogP contribution in [-0.4, -0.2) is 33.7 Å². The molecule has 1 saturated carbocycles. The molecule has 194 valence electrons. The Bertz CT molecular complexity index is 1190. The summed E-state index contributed by atoms with van der Waals surface area (Å²) in [5.74, 6) is 2.93. The van der Waals surface area contributed by atoms with E-state index in [0.29, 0.717) is 35.0 Å². The number of nitrogens with zero attached hydrogens (tertiary/aromatic N) is 2. The maximum atomic E-state index is 12.2. The molecule has 4 rings (SSSR count). The Labute approximate surface area is 218 Å². The number of anilines is 2. The highest BCUT2D eigenvalue weighted by molar-refractivity contribution is 6.16. The first-order valence-corrected chi connectivity index (χ1v) is 13.0. The van der Waals surface area contributed by atoms with E-state index < -0.39 is 0 Å². The fourth-order valence-corrected chi connectivity index (χ4v) is 4.51. The van der Waals surface area contributed by atoms with E-state index in [1.165, 1.54) is 6.33 Å². The molecule has 1 aliphatic rings. The third kappa shape index (κ3) is 7.29.